The molecule has 0 atom stereocenters. The highest BCUT2D eigenvalue weighted by Crippen LogP contribution is 2.25. The molecular weight excluding hydrogens is 368 g/mol. The van der Waals surface area contributed by atoms with Crippen LogP contribution in [0.15, 0.2) is 98.8 Å². The third-order valence-corrected chi connectivity index (χ3v) is 4.67. The molecule has 5 nitrogen and oxygen atoms in total. The summed E-state index contributed by atoms with van der Waals surface area (Å²) in [6.07, 6.45) is 1.42. The summed E-state index contributed by atoms with van der Waals surface area (Å²) in [6, 6.07) is 22.9. The maximum absolute atomic E-state index is 12.8. The summed E-state index contributed by atoms with van der Waals surface area (Å²) < 4.78 is 16.6. The Kier molecular flexibility index (Phi) is 3.99. The van der Waals surface area contributed by atoms with Crippen molar-refractivity contribution in [3.63, 3.8) is 0 Å². The Bertz CT molecular complexity index is 1380. The van der Waals surface area contributed by atoms with Crippen molar-refractivity contribution in [3.8, 4) is 16.9 Å². The van der Waals surface area contributed by atoms with Crippen molar-refractivity contribution in [3.05, 3.63) is 101 Å². The van der Waals surface area contributed by atoms with Crippen molar-refractivity contribution in [2.45, 2.75) is 0 Å². The lowest BCUT2D eigenvalue weighted by atomic mass is 10.1. The van der Waals surface area contributed by atoms with Gasteiger partial charge in [0.05, 0.1) is 10.9 Å². The van der Waals surface area contributed by atoms with E-state index < -0.39 is 5.97 Å². The molecule has 0 aliphatic carbocycles. The van der Waals surface area contributed by atoms with Gasteiger partial charge in [-0.1, -0.05) is 48.5 Å². The number of rotatable bonds is 3. The fourth-order valence-electron chi connectivity index (χ4n) is 3.23. The molecule has 5 heteroatoms. The first-order valence-corrected chi connectivity index (χ1v) is 9.01. The number of fused-ring (bicyclic) bond motifs is 2. The molecule has 140 valence electrons. The zero-order valence-corrected chi connectivity index (χ0v) is 15.1. The summed E-state index contributed by atoms with van der Waals surface area (Å²) in [5.41, 5.74) is 2.06. The van der Waals surface area contributed by atoms with Gasteiger partial charge in [0.2, 0.25) is 5.76 Å². The molecule has 0 fully saturated rings. The van der Waals surface area contributed by atoms with E-state index in [2.05, 4.69) is 0 Å². The van der Waals surface area contributed by atoms with Crippen molar-refractivity contribution in [1.82, 2.24) is 0 Å². The highest BCUT2D eigenvalue weighted by atomic mass is 16.5. The summed E-state index contributed by atoms with van der Waals surface area (Å²) in [5.74, 6) is -0.255. The number of hydrogen-bond acceptors (Lipinski definition) is 5. The van der Waals surface area contributed by atoms with E-state index in [1.807, 2.05) is 48.5 Å². The molecule has 0 aliphatic heterocycles. The number of ether oxygens (including phenoxy) is 1. The summed E-state index contributed by atoms with van der Waals surface area (Å²) in [6.45, 7) is 0. The first-order valence-electron chi connectivity index (χ1n) is 9.01. The van der Waals surface area contributed by atoms with Crippen LogP contribution in [0.4, 0.5) is 0 Å². The third kappa shape index (κ3) is 3.08. The molecule has 5 rings (SSSR count). The maximum atomic E-state index is 12.8. The van der Waals surface area contributed by atoms with Crippen LogP contribution in [0.25, 0.3) is 33.1 Å². The lowest BCUT2D eigenvalue weighted by molar-refractivity contribution is 0.0704. The molecule has 0 spiro atoms. The summed E-state index contributed by atoms with van der Waals surface area (Å²) in [5, 5.41) is 1.23. The van der Waals surface area contributed by atoms with Crippen LogP contribution in [0.3, 0.4) is 0 Å². The van der Waals surface area contributed by atoms with Gasteiger partial charge < -0.3 is 13.6 Å². The predicted octanol–water partition coefficient (Wildman–Crippen LogP) is 5.43. The standard InChI is InChI=1S/C24H14O5/c25-23-18-11-10-17(13-21(18)27-14-19(23)15-6-2-1-3-7-15)28-24(26)22-12-16-8-4-5-9-20(16)29-22/h1-14H. The average Bonchev–Trinajstić information content (AvgIpc) is 3.19. The zero-order valence-electron chi connectivity index (χ0n) is 15.1. The van der Waals surface area contributed by atoms with Gasteiger partial charge in [0.25, 0.3) is 0 Å². The van der Waals surface area contributed by atoms with Gasteiger partial charge >= 0.3 is 5.97 Å². The number of furan rings is 1. The SMILES string of the molecule is O=C(Oc1ccc2c(=O)c(-c3ccccc3)coc2c1)c1cc2ccccc2o1. The van der Waals surface area contributed by atoms with Gasteiger partial charge in [-0.2, -0.15) is 0 Å². The fourth-order valence-corrected chi connectivity index (χ4v) is 3.23. The molecule has 0 radical (unpaired) electrons. The van der Waals surface area contributed by atoms with Crippen LogP contribution in [0, 0.1) is 0 Å². The quantitative estimate of drug-likeness (QED) is 0.308. The van der Waals surface area contributed by atoms with E-state index in [-0.39, 0.29) is 16.9 Å². The Morgan fingerprint density at radius 2 is 1.62 bits per heavy atom. The third-order valence-electron chi connectivity index (χ3n) is 4.67. The number of carbonyl (C=O) groups excluding carboxylic acids is 1. The largest absolute Gasteiger partial charge is 0.463 e. The van der Waals surface area contributed by atoms with Gasteiger partial charge in [0, 0.05) is 11.5 Å². The first kappa shape index (κ1) is 17.0. The van der Waals surface area contributed by atoms with Crippen molar-refractivity contribution in [1.29, 1.82) is 0 Å². The minimum Gasteiger partial charge on any atom is -0.463 e. The number of esters is 1. The van der Waals surface area contributed by atoms with Crippen molar-refractivity contribution >= 4 is 27.9 Å². The van der Waals surface area contributed by atoms with E-state index >= 15 is 0 Å². The number of para-hydroxylation sites is 1. The molecule has 2 heterocycles. The second-order valence-corrected chi connectivity index (χ2v) is 6.54. The smallest absolute Gasteiger partial charge is 0.379 e. The molecule has 0 amide bonds. The minimum atomic E-state index is -0.621. The van der Waals surface area contributed by atoms with Gasteiger partial charge in [-0.15, -0.1) is 0 Å². The molecule has 0 N–H and O–H groups in total. The van der Waals surface area contributed by atoms with Gasteiger partial charge in [-0.3, -0.25) is 4.79 Å². The molecule has 0 aliphatic rings. The molecule has 0 saturated heterocycles. The van der Waals surface area contributed by atoms with Crippen molar-refractivity contribution in [2.75, 3.05) is 0 Å². The molecule has 5 aromatic rings. The maximum Gasteiger partial charge on any atom is 0.379 e. The number of hydrogen-bond donors (Lipinski definition) is 0. The number of carbonyl (C=O) groups is 1. The van der Waals surface area contributed by atoms with E-state index in [0.29, 0.717) is 22.1 Å². The van der Waals surface area contributed by atoms with Crippen LogP contribution in [-0.4, -0.2) is 5.97 Å². The zero-order chi connectivity index (χ0) is 19.8. The van der Waals surface area contributed by atoms with Crippen molar-refractivity contribution in [2.24, 2.45) is 0 Å². The molecule has 0 unspecified atom stereocenters. The fraction of sp³-hybridized carbons (Fsp3) is 0. The molecule has 29 heavy (non-hydrogen) atoms. The molecule has 2 aromatic heterocycles. The van der Waals surface area contributed by atoms with Crippen LogP contribution in [0.2, 0.25) is 0 Å². The van der Waals surface area contributed by atoms with Crippen LogP contribution >= 0.6 is 0 Å². The van der Waals surface area contributed by atoms with E-state index in [4.69, 9.17) is 13.6 Å². The van der Waals surface area contributed by atoms with Crippen LogP contribution in [0.5, 0.6) is 5.75 Å². The molecule has 0 saturated carbocycles. The monoisotopic (exact) mass is 382 g/mol. The van der Waals surface area contributed by atoms with Gasteiger partial charge in [-0.25, -0.2) is 4.79 Å². The Morgan fingerprint density at radius 3 is 2.45 bits per heavy atom. The second-order valence-electron chi connectivity index (χ2n) is 6.54. The van der Waals surface area contributed by atoms with Crippen LogP contribution in [-0.2, 0) is 0 Å². The Labute approximate surface area is 164 Å². The van der Waals surface area contributed by atoms with Gasteiger partial charge in [0.1, 0.15) is 23.2 Å². The second kappa shape index (κ2) is 6.80. The predicted molar refractivity (Wildman–Crippen MR) is 109 cm³/mol. The van der Waals surface area contributed by atoms with Crippen LogP contribution < -0.4 is 10.2 Å². The average molecular weight is 382 g/mol. The van der Waals surface area contributed by atoms with Gasteiger partial charge in [0.15, 0.2) is 5.43 Å². The van der Waals surface area contributed by atoms with E-state index in [1.54, 1.807) is 24.3 Å². The first-order chi connectivity index (χ1) is 14.2. The van der Waals surface area contributed by atoms with Gasteiger partial charge in [-0.05, 0) is 29.8 Å². The summed E-state index contributed by atoms with van der Waals surface area (Å²) in [7, 11) is 0. The normalized spacial score (nSPS) is 11.0. The topological polar surface area (TPSA) is 69.7 Å². The highest BCUT2D eigenvalue weighted by molar-refractivity contribution is 5.94. The van der Waals surface area contributed by atoms with Crippen LogP contribution in [0.1, 0.15) is 10.6 Å². The Morgan fingerprint density at radius 1 is 0.828 bits per heavy atom. The van der Waals surface area contributed by atoms with E-state index in [1.165, 1.54) is 12.3 Å². The summed E-state index contributed by atoms with van der Waals surface area (Å²) in [4.78, 5) is 25.2. The highest BCUT2D eigenvalue weighted by Gasteiger charge is 2.16. The number of benzene rings is 3. The molecule has 0 bridgehead atoms. The minimum absolute atomic E-state index is 0.104. The van der Waals surface area contributed by atoms with E-state index in [0.717, 1.165) is 10.9 Å². The van der Waals surface area contributed by atoms with Crippen molar-refractivity contribution < 1.29 is 18.4 Å². The lowest BCUT2D eigenvalue weighted by Gasteiger charge is -2.05. The van der Waals surface area contributed by atoms with E-state index in [9.17, 15) is 9.59 Å². The summed E-state index contributed by atoms with van der Waals surface area (Å²) >= 11 is 0. The Balaban J connectivity index is 1.47. The Hall–Kier alpha value is -4.12. The molecular formula is C24H14O5. The molecule has 3 aromatic carbocycles. The lowest BCUT2D eigenvalue weighted by Crippen LogP contribution is -2.08.